The van der Waals surface area contributed by atoms with Crippen LogP contribution in [-0.4, -0.2) is 55.5 Å². The van der Waals surface area contributed by atoms with Gasteiger partial charge in [-0.1, -0.05) is 0 Å². The molecule has 1 saturated heterocycles. The van der Waals surface area contributed by atoms with Crippen molar-refractivity contribution in [2.45, 2.75) is 30.8 Å². The van der Waals surface area contributed by atoms with Crippen LogP contribution in [-0.2, 0) is 13.8 Å². The molecule has 0 bridgehead atoms. The van der Waals surface area contributed by atoms with Gasteiger partial charge in [-0.2, -0.15) is 4.98 Å². The van der Waals surface area contributed by atoms with Crippen LogP contribution in [0.15, 0.2) is 11.1 Å². The Bertz CT molecular complexity index is 902. The number of halogens is 2. The molecule has 25 heavy (non-hydrogen) atoms. The van der Waals surface area contributed by atoms with E-state index in [-0.39, 0.29) is 17.1 Å². The normalized spacial score (nSPS) is 33.1. The van der Waals surface area contributed by atoms with Crippen LogP contribution < -0.4 is 11.3 Å². The number of nitrogens with zero attached hydrogens (tertiary/aromatic N) is 3. The van der Waals surface area contributed by atoms with Gasteiger partial charge in [0, 0.05) is 0 Å². The summed E-state index contributed by atoms with van der Waals surface area (Å²) in [6.45, 7) is 1.19. The minimum Gasteiger partial charge on any atom is -0.382 e. The number of hydrogen-bond donors (Lipinski definition) is 3. The van der Waals surface area contributed by atoms with Crippen LogP contribution in [0.2, 0.25) is 0 Å². The van der Waals surface area contributed by atoms with Gasteiger partial charge < -0.3 is 15.6 Å². The van der Waals surface area contributed by atoms with Gasteiger partial charge in [-0.15, -0.1) is 4.52 Å². The highest BCUT2D eigenvalue weighted by molar-refractivity contribution is 7.38. The van der Waals surface area contributed by atoms with Crippen LogP contribution in [0.1, 0.15) is 13.2 Å². The number of rotatable bonds is 4. The van der Waals surface area contributed by atoms with Gasteiger partial charge in [0.25, 0.3) is 11.4 Å². The van der Waals surface area contributed by atoms with Crippen molar-refractivity contribution in [1.29, 1.82) is 0 Å². The third-order valence-corrected chi connectivity index (χ3v) is 4.34. The third-order valence-electron chi connectivity index (χ3n) is 3.85. The molecule has 136 valence electrons. The number of aromatic nitrogens is 4. The molecule has 3 heterocycles. The molecule has 3 rings (SSSR count). The standard InChI is InChI=1S/C12H14F2N5O5P/c1-11(21)8(13)12(14,3-23-25(2)22)24-9(11)19-4-16-5-6(19)17-10(15)18-7(5)20/h4,8-9,21H,3H2,1-2H3,(H2-,15,17,18,20)/p+1/t8-,9+,11+,12+/m0/s1. The van der Waals surface area contributed by atoms with Crippen LogP contribution in [0.5, 0.6) is 0 Å². The van der Waals surface area contributed by atoms with Crippen LogP contribution in [0.25, 0.3) is 11.2 Å². The average Bonchev–Trinajstić information content (AvgIpc) is 2.99. The summed E-state index contributed by atoms with van der Waals surface area (Å²) in [6, 6.07) is 0. The zero-order chi connectivity index (χ0) is 18.6. The van der Waals surface area contributed by atoms with E-state index in [1.165, 1.54) is 6.66 Å². The van der Waals surface area contributed by atoms with Crippen molar-refractivity contribution in [2.24, 2.45) is 0 Å². The summed E-state index contributed by atoms with van der Waals surface area (Å²) in [5, 5.41) is 10.4. The highest BCUT2D eigenvalue weighted by Gasteiger charge is 2.65. The molecular formula is C12H15F2N5O5P+. The molecule has 1 aliphatic heterocycles. The van der Waals surface area contributed by atoms with E-state index in [9.17, 15) is 23.2 Å². The van der Waals surface area contributed by atoms with Crippen LogP contribution in [0, 0.1) is 0 Å². The summed E-state index contributed by atoms with van der Waals surface area (Å²) in [7, 11) is -2.21. The number of alkyl halides is 2. The highest BCUT2D eigenvalue weighted by atomic mass is 31.1. The predicted octanol–water partition coefficient (Wildman–Crippen LogP) is 0.374. The van der Waals surface area contributed by atoms with Crippen molar-refractivity contribution in [1.82, 2.24) is 19.5 Å². The molecule has 1 aliphatic rings. The Morgan fingerprint density at radius 1 is 1.64 bits per heavy atom. The number of ether oxygens (including phenoxy) is 1. The van der Waals surface area contributed by atoms with Gasteiger partial charge in [0.1, 0.15) is 5.60 Å². The second-order valence-electron chi connectivity index (χ2n) is 5.83. The molecule has 2 aromatic rings. The molecule has 4 N–H and O–H groups in total. The summed E-state index contributed by atoms with van der Waals surface area (Å²) in [5.41, 5.74) is 2.19. The smallest absolute Gasteiger partial charge is 0.382 e. The molecule has 0 aromatic carbocycles. The van der Waals surface area contributed by atoms with Gasteiger partial charge >= 0.3 is 8.03 Å². The molecule has 1 unspecified atom stereocenters. The lowest BCUT2D eigenvalue weighted by Gasteiger charge is -2.25. The lowest BCUT2D eigenvalue weighted by molar-refractivity contribution is -0.191. The zero-order valence-electron chi connectivity index (χ0n) is 13.1. The number of aliphatic hydroxyl groups is 1. The number of H-pyrrole nitrogens is 1. The third kappa shape index (κ3) is 2.80. The zero-order valence-corrected chi connectivity index (χ0v) is 14.0. The second kappa shape index (κ2) is 5.77. The van der Waals surface area contributed by atoms with E-state index in [1.807, 2.05) is 0 Å². The van der Waals surface area contributed by atoms with Gasteiger partial charge in [-0.25, -0.2) is 13.8 Å². The Morgan fingerprint density at radius 2 is 2.32 bits per heavy atom. The topological polar surface area (TPSA) is 145 Å². The Balaban J connectivity index is 2.06. The SMILES string of the molecule is C[P+](=O)OC[C@@]1(F)O[C@@H](n2cnc3c(=O)[nH]c(N)nc32)[C@](C)(O)[C@@H]1F. The molecule has 5 atom stereocenters. The first kappa shape index (κ1) is 17.8. The van der Waals surface area contributed by atoms with Gasteiger partial charge in [-0.05, 0) is 11.5 Å². The summed E-state index contributed by atoms with van der Waals surface area (Å²) >= 11 is 0. The molecular weight excluding hydrogens is 363 g/mol. The Hall–Kier alpha value is -2.01. The van der Waals surface area contributed by atoms with E-state index < -0.39 is 44.0 Å². The van der Waals surface area contributed by atoms with E-state index in [1.54, 1.807) is 0 Å². The highest BCUT2D eigenvalue weighted by Crippen LogP contribution is 2.48. The lowest BCUT2D eigenvalue weighted by atomic mass is 9.97. The van der Waals surface area contributed by atoms with Crippen molar-refractivity contribution in [2.75, 3.05) is 19.0 Å². The summed E-state index contributed by atoms with van der Waals surface area (Å²) in [6.07, 6.45) is -3.10. The van der Waals surface area contributed by atoms with Gasteiger partial charge in [0.2, 0.25) is 5.95 Å². The van der Waals surface area contributed by atoms with Gasteiger partial charge in [0.05, 0.1) is 6.33 Å². The summed E-state index contributed by atoms with van der Waals surface area (Å²) in [5.74, 6) is -3.30. The van der Waals surface area contributed by atoms with Crippen LogP contribution in [0.3, 0.4) is 0 Å². The molecule has 0 saturated carbocycles. The fraction of sp³-hybridized carbons (Fsp3) is 0.583. The van der Waals surface area contributed by atoms with E-state index >= 15 is 0 Å². The molecule has 1 fully saturated rings. The minimum absolute atomic E-state index is 0.120. The monoisotopic (exact) mass is 378 g/mol. The number of anilines is 1. The fourth-order valence-corrected chi connectivity index (χ4v) is 3.02. The van der Waals surface area contributed by atoms with Crippen LogP contribution in [0.4, 0.5) is 14.7 Å². The van der Waals surface area contributed by atoms with E-state index in [0.717, 1.165) is 17.8 Å². The number of nitrogens with two attached hydrogens (primary N) is 1. The molecule has 10 nitrogen and oxygen atoms in total. The second-order valence-corrected chi connectivity index (χ2v) is 6.97. The first-order chi connectivity index (χ1) is 11.6. The Kier molecular flexibility index (Phi) is 4.11. The van der Waals surface area contributed by atoms with Crippen molar-refractivity contribution in [3.8, 4) is 0 Å². The van der Waals surface area contributed by atoms with Crippen molar-refractivity contribution in [3.63, 3.8) is 0 Å². The molecule has 2 aromatic heterocycles. The van der Waals surface area contributed by atoms with Gasteiger partial charge in [0.15, 0.2) is 36.8 Å². The molecule has 0 amide bonds. The molecule has 0 aliphatic carbocycles. The van der Waals surface area contributed by atoms with Crippen molar-refractivity contribution < 1.29 is 27.7 Å². The largest absolute Gasteiger partial charge is 0.505 e. The number of aromatic amines is 1. The summed E-state index contributed by atoms with van der Waals surface area (Å²) in [4.78, 5) is 21.7. The number of nitrogens with one attached hydrogen (secondary N) is 1. The fourth-order valence-electron chi connectivity index (χ4n) is 2.67. The van der Waals surface area contributed by atoms with Crippen molar-refractivity contribution >= 4 is 25.1 Å². The predicted molar refractivity (Wildman–Crippen MR) is 81.5 cm³/mol. The van der Waals surface area contributed by atoms with E-state index in [2.05, 4.69) is 19.5 Å². The number of nitrogen functional groups attached to an aromatic ring is 1. The van der Waals surface area contributed by atoms with Crippen LogP contribution >= 0.6 is 8.03 Å². The number of imidazole rings is 1. The number of hydrogen-bond acceptors (Lipinski definition) is 8. The first-order valence-electron chi connectivity index (χ1n) is 7.05. The maximum Gasteiger partial charge on any atom is 0.505 e. The van der Waals surface area contributed by atoms with Gasteiger partial charge in [-0.3, -0.25) is 14.3 Å². The molecule has 13 heteroatoms. The quantitative estimate of drug-likeness (QED) is 0.647. The maximum atomic E-state index is 14.8. The van der Waals surface area contributed by atoms with E-state index in [4.69, 9.17) is 10.5 Å². The summed E-state index contributed by atoms with van der Waals surface area (Å²) < 4.78 is 51.0. The Labute approximate surface area is 139 Å². The average molecular weight is 378 g/mol. The molecule has 0 spiro atoms. The Morgan fingerprint density at radius 3 is 2.96 bits per heavy atom. The molecule has 0 radical (unpaired) electrons. The number of fused-ring (bicyclic) bond motifs is 1. The first-order valence-corrected chi connectivity index (χ1v) is 8.68. The maximum absolute atomic E-state index is 14.8. The van der Waals surface area contributed by atoms with E-state index in [0.29, 0.717) is 0 Å². The lowest BCUT2D eigenvalue weighted by Crippen LogP contribution is -2.46. The minimum atomic E-state index is -3.06. The van der Waals surface area contributed by atoms with Crippen molar-refractivity contribution in [3.05, 3.63) is 16.7 Å².